The predicted molar refractivity (Wildman–Crippen MR) is 121 cm³/mol. The Bertz CT molecular complexity index is 1170. The molecule has 0 amide bonds. The number of esters is 1. The van der Waals surface area contributed by atoms with Crippen LogP contribution in [-0.4, -0.2) is 36.0 Å². The van der Waals surface area contributed by atoms with E-state index in [1.165, 1.54) is 37.4 Å². The first-order chi connectivity index (χ1) is 15.1. The van der Waals surface area contributed by atoms with Gasteiger partial charge in [-0.1, -0.05) is 38.1 Å². The molecule has 1 N–H and O–H groups in total. The maximum Gasteiger partial charge on any atom is 0.308 e. The van der Waals surface area contributed by atoms with Gasteiger partial charge in [0.2, 0.25) is 19.9 Å². The van der Waals surface area contributed by atoms with Crippen molar-refractivity contribution in [2.75, 3.05) is 7.11 Å². The minimum atomic E-state index is -3.97. The van der Waals surface area contributed by atoms with E-state index in [1.54, 1.807) is 32.0 Å². The lowest BCUT2D eigenvalue weighted by Gasteiger charge is -2.28. The fourth-order valence-electron chi connectivity index (χ4n) is 4.18. The molecule has 3 rings (SSSR count). The topological polar surface area (TPSA) is 107 Å². The van der Waals surface area contributed by atoms with Crippen molar-refractivity contribution in [1.29, 1.82) is 0 Å². The molecule has 0 aliphatic heterocycles. The summed E-state index contributed by atoms with van der Waals surface area (Å²) in [6.45, 7) is 3.56. The second kappa shape index (κ2) is 9.72. The maximum atomic E-state index is 13.3. The first kappa shape index (κ1) is 24.4. The second-order valence-corrected chi connectivity index (χ2v) is 11.9. The molecule has 1 aliphatic carbocycles. The van der Waals surface area contributed by atoms with Gasteiger partial charge in [0, 0.05) is 6.04 Å². The smallest absolute Gasteiger partial charge is 0.308 e. The van der Waals surface area contributed by atoms with Gasteiger partial charge in [0.25, 0.3) is 0 Å². The van der Waals surface area contributed by atoms with Crippen LogP contribution in [0.4, 0.5) is 0 Å². The molecular formula is C23H29NO6S2. The standard InChI is InChI=1S/C23H29NO6S2/c1-16(2)22-20(31(26,27)19-8-5-4-6-9-19)10-7-11-21(22)32(28,29)24-18-14-12-17(13-15-18)23(25)30-3/h4-11,16-18,24H,12-15H2,1-3H3. The van der Waals surface area contributed by atoms with Crippen molar-refractivity contribution in [1.82, 2.24) is 4.72 Å². The highest BCUT2D eigenvalue weighted by molar-refractivity contribution is 7.92. The zero-order valence-corrected chi connectivity index (χ0v) is 20.1. The molecule has 2 aromatic carbocycles. The van der Waals surface area contributed by atoms with E-state index in [-0.39, 0.29) is 44.1 Å². The van der Waals surface area contributed by atoms with Gasteiger partial charge in [0.05, 0.1) is 27.7 Å². The molecule has 7 nitrogen and oxygen atoms in total. The monoisotopic (exact) mass is 479 g/mol. The molecule has 32 heavy (non-hydrogen) atoms. The molecule has 0 unspecified atom stereocenters. The van der Waals surface area contributed by atoms with Crippen molar-refractivity contribution < 1.29 is 26.4 Å². The highest BCUT2D eigenvalue weighted by Crippen LogP contribution is 2.34. The number of hydrogen-bond acceptors (Lipinski definition) is 6. The summed E-state index contributed by atoms with van der Waals surface area (Å²) in [7, 11) is -6.52. The van der Waals surface area contributed by atoms with Gasteiger partial charge in [-0.3, -0.25) is 4.79 Å². The Morgan fingerprint density at radius 2 is 1.50 bits per heavy atom. The molecule has 1 fully saturated rings. The number of sulfone groups is 1. The van der Waals surface area contributed by atoms with Crippen LogP contribution in [0.15, 0.2) is 63.2 Å². The van der Waals surface area contributed by atoms with Crippen molar-refractivity contribution in [3.63, 3.8) is 0 Å². The number of benzene rings is 2. The highest BCUT2D eigenvalue weighted by atomic mass is 32.2. The Labute approximate surface area is 190 Å². The van der Waals surface area contributed by atoms with Crippen LogP contribution in [0.3, 0.4) is 0 Å². The van der Waals surface area contributed by atoms with Gasteiger partial charge in [0.15, 0.2) is 0 Å². The average Bonchev–Trinajstić information content (AvgIpc) is 2.78. The van der Waals surface area contributed by atoms with E-state index in [1.807, 2.05) is 0 Å². The van der Waals surface area contributed by atoms with Gasteiger partial charge >= 0.3 is 5.97 Å². The Balaban J connectivity index is 1.94. The summed E-state index contributed by atoms with van der Waals surface area (Å²) in [6, 6.07) is 12.0. The van der Waals surface area contributed by atoms with E-state index in [4.69, 9.17) is 4.74 Å². The number of hydrogen-bond donors (Lipinski definition) is 1. The molecule has 0 heterocycles. The van der Waals surface area contributed by atoms with Gasteiger partial charge < -0.3 is 4.74 Å². The van der Waals surface area contributed by atoms with E-state index < -0.39 is 19.9 Å². The number of carbonyl (C=O) groups is 1. The van der Waals surface area contributed by atoms with Crippen LogP contribution in [0.2, 0.25) is 0 Å². The van der Waals surface area contributed by atoms with Crippen LogP contribution in [0.5, 0.6) is 0 Å². The van der Waals surface area contributed by atoms with Crippen LogP contribution in [0.1, 0.15) is 51.0 Å². The lowest BCUT2D eigenvalue weighted by molar-refractivity contribution is -0.146. The van der Waals surface area contributed by atoms with Gasteiger partial charge in [-0.15, -0.1) is 0 Å². The molecule has 0 atom stereocenters. The molecule has 9 heteroatoms. The van der Waals surface area contributed by atoms with Crippen LogP contribution in [0.25, 0.3) is 0 Å². The van der Waals surface area contributed by atoms with Crippen molar-refractivity contribution in [3.05, 3.63) is 54.1 Å². The normalized spacial score (nSPS) is 19.6. The van der Waals surface area contributed by atoms with E-state index in [0.29, 0.717) is 25.7 Å². The first-order valence-electron chi connectivity index (χ1n) is 10.6. The molecular weight excluding hydrogens is 450 g/mol. The molecule has 1 saturated carbocycles. The number of nitrogens with one attached hydrogen (secondary N) is 1. The molecule has 2 aromatic rings. The van der Waals surface area contributed by atoms with Crippen molar-refractivity contribution in [2.45, 2.75) is 66.2 Å². The number of carbonyl (C=O) groups excluding carboxylic acids is 1. The molecule has 0 spiro atoms. The third-order valence-electron chi connectivity index (χ3n) is 5.82. The van der Waals surface area contributed by atoms with E-state index in [2.05, 4.69) is 4.72 Å². The summed E-state index contributed by atoms with van der Waals surface area (Å²) in [5.41, 5.74) is 0.270. The summed E-state index contributed by atoms with van der Waals surface area (Å²) in [4.78, 5) is 11.8. The lowest BCUT2D eigenvalue weighted by Crippen LogP contribution is -2.39. The van der Waals surface area contributed by atoms with Crippen LogP contribution in [0, 0.1) is 5.92 Å². The molecule has 174 valence electrons. The summed E-state index contributed by atoms with van der Waals surface area (Å²) in [6.07, 6.45) is 2.11. The van der Waals surface area contributed by atoms with Crippen LogP contribution in [-0.2, 0) is 29.4 Å². The van der Waals surface area contributed by atoms with E-state index in [9.17, 15) is 21.6 Å². The van der Waals surface area contributed by atoms with E-state index >= 15 is 0 Å². The number of rotatable bonds is 7. The maximum absolute atomic E-state index is 13.3. The van der Waals surface area contributed by atoms with Gasteiger partial charge in [-0.2, -0.15) is 0 Å². The zero-order valence-electron chi connectivity index (χ0n) is 18.4. The number of sulfonamides is 1. The van der Waals surface area contributed by atoms with Crippen LogP contribution < -0.4 is 4.72 Å². The number of methoxy groups -OCH3 is 1. The largest absolute Gasteiger partial charge is 0.469 e. The van der Waals surface area contributed by atoms with Gasteiger partial charge in [0.1, 0.15) is 0 Å². The fraction of sp³-hybridized carbons (Fsp3) is 0.435. The van der Waals surface area contributed by atoms with Gasteiger partial charge in [-0.25, -0.2) is 21.6 Å². The zero-order chi connectivity index (χ0) is 23.5. The molecule has 1 aliphatic rings. The third kappa shape index (κ3) is 5.05. The molecule has 0 aromatic heterocycles. The quantitative estimate of drug-likeness (QED) is 0.608. The predicted octanol–water partition coefficient (Wildman–Crippen LogP) is 3.65. The second-order valence-electron chi connectivity index (χ2n) is 8.33. The average molecular weight is 480 g/mol. The minimum absolute atomic E-state index is 0.00373. The summed E-state index contributed by atoms with van der Waals surface area (Å²) in [5.74, 6) is -0.829. The summed E-state index contributed by atoms with van der Waals surface area (Å²) < 4.78 is 60.7. The van der Waals surface area contributed by atoms with E-state index in [0.717, 1.165) is 0 Å². The molecule has 0 bridgehead atoms. The fourth-order valence-corrected chi connectivity index (χ4v) is 7.61. The summed E-state index contributed by atoms with van der Waals surface area (Å²) in [5, 5.41) is 0. The number of ether oxygens (including phenoxy) is 1. The Hall–Kier alpha value is -2.23. The van der Waals surface area contributed by atoms with Crippen molar-refractivity contribution in [2.24, 2.45) is 5.92 Å². The molecule has 0 radical (unpaired) electrons. The Kier molecular flexibility index (Phi) is 7.42. The SMILES string of the molecule is COC(=O)C1CCC(NS(=O)(=O)c2cccc(S(=O)(=O)c3ccccc3)c2C(C)C)CC1. The Morgan fingerprint density at radius 1 is 0.906 bits per heavy atom. The van der Waals surface area contributed by atoms with Crippen molar-refractivity contribution in [3.8, 4) is 0 Å². The first-order valence-corrected chi connectivity index (χ1v) is 13.6. The summed E-state index contributed by atoms with van der Waals surface area (Å²) >= 11 is 0. The lowest BCUT2D eigenvalue weighted by atomic mass is 9.86. The van der Waals surface area contributed by atoms with Gasteiger partial charge in [-0.05, 0) is 61.4 Å². The highest BCUT2D eigenvalue weighted by Gasteiger charge is 2.33. The minimum Gasteiger partial charge on any atom is -0.469 e. The third-order valence-corrected chi connectivity index (χ3v) is 9.23. The van der Waals surface area contributed by atoms with Crippen molar-refractivity contribution >= 4 is 25.8 Å². The molecule has 0 saturated heterocycles. The van der Waals surface area contributed by atoms with Crippen LogP contribution >= 0.6 is 0 Å². The Morgan fingerprint density at radius 3 is 2.06 bits per heavy atom.